The maximum atomic E-state index is 15.3. The number of rotatable bonds is 4. The number of halogens is 10. The second kappa shape index (κ2) is 9.10. The maximum absolute atomic E-state index is 15.3. The first kappa shape index (κ1) is 28.2. The number of carbonyl (C=O) groups is 1. The first-order valence-electron chi connectivity index (χ1n) is 12.1. The van der Waals surface area contributed by atoms with Crippen molar-refractivity contribution in [1.29, 1.82) is 0 Å². The van der Waals surface area contributed by atoms with Crippen molar-refractivity contribution in [3.05, 3.63) is 70.3 Å². The van der Waals surface area contributed by atoms with Gasteiger partial charge in [-0.15, -0.1) is 0 Å². The van der Waals surface area contributed by atoms with E-state index in [-0.39, 0.29) is 54.2 Å². The molecule has 2 aromatic rings. The molecule has 0 spiro atoms. The summed E-state index contributed by atoms with van der Waals surface area (Å²) in [5.74, 6) is -0.231. The number of hydrogen-bond donors (Lipinski definition) is 0. The van der Waals surface area contributed by atoms with Gasteiger partial charge in [0, 0.05) is 17.9 Å². The van der Waals surface area contributed by atoms with Crippen molar-refractivity contribution < 1.29 is 53.5 Å². The Balaban J connectivity index is 1.40. The van der Waals surface area contributed by atoms with Gasteiger partial charge in [-0.25, -0.2) is 4.39 Å². The lowest BCUT2D eigenvalue weighted by molar-refractivity contribution is -0.276. The number of carbonyl (C=O) groups excluding carboxylic acids is 1. The number of hydrogen-bond acceptors (Lipinski definition) is 3. The van der Waals surface area contributed by atoms with Crippen LogP contribution in [0.3, 0.4) is 0 Å². The van der Waals surface area contributed by atoms with E-state index in [1.54, 1.807) is 0 Å². The Kier molecular flexibility index (Phi) is 6.42. The van der Waals surface area contributed by atoms with Crippen LogP contribution in [-0.2, 0) is 33.3 Å². The quantitative estimate of drug-likeness (QED) is 0.361. The molecule has 1 aliphatic carbocycles. The molecule has 5 rings (SSSR count). The molecule has 2 heterocycles. The fourth-order valence-corrected chi connectivity index (χ4v) is 5.02. The standard InChI is InChI=1S/C26H20F10N2O2/c27-22(12-38(13-22)21(39)15-2-1-3-15)16-6-4-14(5-7-16)20-11-23(40-37-20,26(34,35)36)17-8-18(24(28,29)30)10-19(9-17)25(31,32)33/h4-10,15H,1-3,11-13H2. The summed E-state index contributed by atoms with van der Waals surface area (Å²) in [6.45, 7) is -0.361. The minimum atomic E-state index is -5.46. The van der Waals surface area contributed by atoms with E-state index in [1.807, 2.05) is 0 Å². The third-order valence-corrected chi connectivity index (χ3v) is 7.62. The van der Waals surface area contributed by atoms with Crippen LogP contribution in [0.15, 0.2) is 47.6 Å². The summed E-state index contributed by atoms with van der Waals surface area (Å²) in [6.07, 6.45) is -15.0. The van der Waals surface area contributed by atoms with Crippen LogP contribution < -0.4 is 0 Å². The summed E-state index contributed by atoms with van der Waals surface area (Å²) in [7, 11) is 0. The Morgan fingerprint density at radius 3 is 1.85 bits per heavy atom. The molecule has 216 valence electrons. The molecular formula is C26H20F10N2O2. The molecule has 40 heavy (non-hydrogen) atoms. The first-order valence-corrected chi connectivity index (χ1v) is 12.1. The van der Waals surface area contributed by atoms with E-state index in [0.717, 1.165) is 19.3 Å². The van der Waals surface area contributed by atoms with E-state index in [2.05, 4.69) is 9.99 Å². The van der Waals surface area contributed by atoms with Gasteiger partial charge in [-0.2, -0.15) is 39.5 Å². The van der Waals surface area contributed by atoms with Gasteiger partial charge in [0.1, 0.15) is 0 Å². The smallest absolute Gasteiger partial charge is 0.374 e. The Hall–Kier alpha value is -3.32. The lowest BCUT2D eigenvalue weighted by atomic mass is 9.80. The van der Waals surface area contributed by atoms with Crippen LogP contribution in [0.2, 0.25) is 0 Å². The lowest BCUT2D eigenvalue weighted by Crippen LogP contribution is -2.60. The average molecular weight is 582 g/mol. The molecule has 14 heteroatoms. The van der Waals surface area contributed by atoms with Crippen LogP contribution in [0.25, 0.3) is 0 Å². The molecule has 2 aliphatic heterocycles. The van der Waals surface area contributed by atoms with Gasteiger partial charge in [0.15, 0.2) is 5.67 Å². The van der Waals surface area contributed by atoms with Gasteiger partial charge < -0.3 is 9.74 Å². The van der Waals surface area contributed by atoms with Crippen molar-refractivity contribution in [3.63, 3.8) is 0 Å². The highest BCUT2D eigenvalue weighted by atomic mass is 19.4. The number of amides is 1. The molecule has 2 fully saturated rings. The molecule has 2 aromatic carbocycles. The summed E-state index contributed by atoms with van der Waals surface area (Å²) in [5, 5.41) is 3.37. The molecule has 1 atom stereocenters. The van der Waals surface area contributed by atoms with Crippen LogP contribution >= 0.6 is 0 Å². The van der Waals surface area contributed by atoms with Gasteiger partial charge in [-0.3, -0.25) is 4.79 Å². The molecule has 1 saturated carbocycles. The van der Waals surface area contributed by atoms with Crippen molar-refractivity contribution >= 4 is 11.6 Å². The zero-order valence-electron chi connectivity index (χ0n) is 20.4. The number of alkyl halides is 10. The molecule has 1 unspecified atom stereocenters. The Bertz CT molecular complexity index is 1300. The van der Waals surface area contributed by atoms with Crippen LogP contribution in [0.5, 0.6) is 0 Å². The van der Waals surface area contributed by atoms with Gasteiger partial charge in [0.25, 0.3) is 5.60 Å². The second-order valence-corrected chi connectivity index (χ2v) is 10.3. The summed E-state index contributed by atoms with van der Waals surface area (Å²) < 4.78 is 138. The van der Waals surface area contributed by atoms with Crippen LogP contribution in [0, 0.1) is 5.92 Å². The highest BCUT2D eigenvalue weighted by Crippen LogP contribution is 2.51. The molecule has 4 nitrogen and oxygen atoms in total. The van der Waals surface area contributed by atoms with E-state index in [4.69, 9.17) is 0 Å². The second-order valence-electron chi connectivity index (χ2n) is 10.3. The molecule has 0 bridgehead atoms. The van der Waals surface area contributed by atoms with Crippen molar-refractivity contribution in [3.8, 4) is 0 Å². The Morgan fingerprint density at radius 2 is 1.40 bits per heavy atom. The maximum Gasteiger partial charge on any atom is 0.435 e. The van der Waals surface area contributed by atoms with Crippen LogP contribution in [0.1, 0.15) is 53.5 Å². The van der Waals surface area contributed by atoms with E-state index in [0.29, 0.717) is 0 Å². The SMILES string of the molecule is O=C(C1CCC1)N1CC(F)(c2ccc(C3=NOC(c4cc(C(F)(F)F)cc(C(F)(F)F)c4)(C(F)(F)F)C3)cc2)C1. The zero-order chi connectivity index (χ0) is 29.3. The minimum Gasteiger partial charge on any atom is -0.374 e. The molecule has 0 radical (unpaired) electrons. The van der Waals surface area contributed by atoms with Gasteiger partial charge in [0.05, 0.1) is 29.9 Å². The fourth-order valence-electron chi connectivity index (χ4n) is 5.02. The Labute approximate surface area is 220 Å². The number of nitrogens with zero attached hydrogens (tertiary/aromatic N) is 2. The summed E-state index contributed by atoms with van der Waals surface area (Å²) in [5.41, 5.74) is -11.0. The minimum absolute atomic E-state index is 0.00298. The van der Waals surface area contributed by atoms with Gasteiger partial charge >= 0.3 is 18.5 Å². The molecule has 1 amide bonds. The van der Waals surface area contributed by atoms with Crippen molar-refractivity contribution in [2.24, 2.45) is 11.1 Å². The molecule has 0 N–H and O–H groups in total. The number of benzene rings is 2. The Morgan fingerprint density at radius 1 is 0.850 bits per heavy atom. The van der Waals surface area contributed by atoms with Gasteiger partial charge in [0.2, 0.25) is 5.91 Å². The van der Waals surface area contributed by atoms with Gasteiger partial charge in [-0.1, -0.05) is 35.8 Å². The highest BCUT2D eigenvalue weighted by Gasteiger charge is 2.63. The summed E-state index contributed by atoms with van der Waals surface area (Å²) >= 11 is 0. The van der Waals surface area contributed by atoms with Gasteiger partial charge in [-0.05, 0) is 42.2 Å². The first-order chi connectivity index (χ1) is 18.4. The summed E-state index contributed by atoms with van der Waals surface area (Å²) in [6, 6.07) is 4.67. The summed E-state index contributed by atoms with van der Waals surface area (Å²) in [4.78, 5) is 18.3. The third kappa shape index (κ3) is 4.78. The highest BCUT2D eigenvalue weighted by molar-refractivity contribution is 6.02. The molecule has 0 aromatic heterocycles. The monoisotopic (exact) mass is 582 g/mol. The average Bonchev–Trinajstić information content (AvgIpc) is 3.27. The predicted octanol–water partition coefficient (Wildman–Crippen LogP) is 7.11. The van der Waals surface area contributed by atoms with Crippen LogP contribution in [-0.4, -0.2) is 35.8 Å². The largest absolute Gasteiger partial charge is 0.435 e. The van der Waals surface area contributed by atoms with E-state index < -0.39 is 58.6 Å². The molecule has 3 aliphatic rings. The number of oxime groups is 1. The van der Waals surface area contributed by atoms with Crippen molar-refractivity contribution in [2.75, 3.05) is 13.1 Å². The topological polar surface area (TPSA) is 41.9 Å². The van der Waals surface area contributed by atoms with Crippen LogP contribution in [0.4, 0.5) is 43.9 Å². The van der Waals surface area contributed by atoms with E-state index >= 15 is 4.39 Å². The zero-order valence-corrected chi connectivity index (χ0v) is 20.4. The number of likely N-dealkylation sites (tertiary alicyclic amines) is 1. The molecular weight excluding hydrogens is 562 g/mol. The fraction of sp³-hybridized carbons (Fsp3) is 0.462. The van der Waals surface area contributed by atoms with Crippen molar-refractivity contribution in [1.82, 2.24) is 4.90 Å². The lowest BCUT2D eigenvalue weighted by Gasteiger charge is -2.47. The molecule has 1 saturated heterocycles. The van der Waals surface area contributed by atoms with Crippen molar-refractivity contribution in [2.45, 2.75) is 55.5 Å². The third-order valence-electron chi connectivity index (χ3n) is 7.62. The predicted molar refractivity (Wildman–Crippen MR) is 120 cm³/mol. The normalized spacial score (nSPS) is 23.2. The van der Waals surface area contributed by atoms with E-state index in [9.17, 15) is 44.3 Å². The van der Waals surface area contributed by atoms with E-state index in [1.165, 1.54) is 29.2 Å².